The van der Waals surface area contributed by atoms with Crippen LogP contribution in [0.25, 0.3) is 22.2 Å². The molecule has 0 radical (unpaired) electrons. The van der Waals surface area contributed by atoms with Crippen LogP contribution in [0.1, 0.15) is 32.7 Å². The number of halogens is 1. The van der Waals surface area contributed by atoms with Gasteiger partial charge in [0.15, 0.2) is 6.61 Å². The van der Waals surface area contributed by atoms with Gasteiger partial charge in [0, 0.05) is 22.6 Å². The number of fused-ring (bicyclic) bond motifs is 6. The van der Waals surface area contributed by atoms with Crippen molar-refractivity contribution >= 4 is 57.4 Å². The summed E-state index contributed by atoms with van der Waals surface area (Å²) in [6, 6.07) is 17.4. The molecule has 2 bridgehead atoms. The molecule has 1 saturated carbocycles. The van der Waals surface area contributed by atoms with Gasteiger partial charge in [0.25, 0.3) is 5.69 Å². The summed E-state index contributed by atoms with van der Waals surface area (Å²) in [6.07, 6.45) is 4.97. The number of rotatable bonds is 7. The number of carbonyl (C=O) groups is 4. The van der Waals surface area contributed by atoms with Crippen LogP contribution in [0.3, 0.4) is 0 Å². The molecule has 1 aromatic heterocycles. The van der Waals surface area contributed by atoms with Gasteiger partial charge in [-0.25, -0.2) is 9.78 Å². The van der Waals surface area contributed by atoms with Crippen molar-refractivity contribution in [2.45, 2.75) is 13.3 Å². The number of nitro groups is 1. The second-order valence-corrected chi connectivity index (χ2v) is 11.9. The van der Waals surface area contributed by atoms with Crippen LogP contribution in [0, 0.1) is 40.7 Å². The van der Waals surface area contributed by atoms with Crippen LogP contribution in [0.4, 0.5) is 11.4 Å². The topological polar surface area (TPSA) is 137 Å². The maximum absolute atomic E-state index is 13.4. The number of hydrogen-bond donors (Lipinski definition) is 0. The first-order valence-electron chi connectivity index (χ1n) is 14.3. The van der Waals surface area contributed by atoms with Crippen LogP contribution >= 0.6 is 11.6 Å². The Morgan fingerprint density at radius 3 is 2.36 bits per heavy atom. The molecular formula is C34H24ClN3O7. The van der Waals surface area contributed by atoms with E-state index in [1.54, 1.807) is 42.5 Å². The SMILES string of the molecule is Cc1cccc2c(C(=O)OCC(=O)c3ccc(Cl)c([N+](=O)[O-])c3)cc(-c3ccc(N4C(=O)C5C6C=CC(C6)C5C4=O)cc3)nc12. The largest absolute Gasteiger partial charge is 0.454 e. The Labute approximate surface area is 261 Å². The summed E-state index contributed by atoms with van der Waals surface area (Å²) in [5.41, 5.74) is 2.69. The van der Waals surface area contributed by atoms with Crippen molar-refractivity contribution in [2.75, 3.05) is 11.5 Å². The minimum atomic E-state index is -0.772. The Balaban J connectivity index is 1.15. The number of aryl methyl sites for hydroxylation is 1. The lowest BCUT2D eigenvalue weighted by molar-refractivity contribution is -0.384. The van der Waals surface area contributed by atoms with Crippen molar-refractivity contribution in [3.63, 3.8) is 0 Å². The van der Waals surface area contributed by atoms with Gasteiger partial charge in [-0.05, 0) is 61.1 Å². The molecule has 4 unspecified atom stereocenters. The fraction of sp³-hybridized carbons (Fsp3) is 0.206. The van der Waals surface area contributed by atoms with E-state index >= 15 is 0 Å². The van der Waals surface area contributed by atoms with Gasteiger partial charge < -0.3 is 4.74 Å². The first-order chi connectivity index (χ1) is 21.6. The van der Waals surface area contributed by atoms with Crippen molar-refractivity contribution in [2.24, 2.45) is 23.7 Å². The average molecular weight is 622 g/mol. The molecule has 11 heteroatoms. The third-order valence-electron chi connectivity index (χ3n) is 8.95. The Hall–Kier alpha value is -5.22. The third-order valence-corrected chi connectivity index (χ3v) is 9.27. The highest BCUT2D eigenvalue weighted by Gasteiger charge is 2.59. The summed E-state index contributed by atoms with van der Waals surface area (Å²) in [7, 11) is 0. The molecule has 4 atom stereocenters. The average Bonchev–Trinajstić information content (AvgIpc) is 3.73. The normalized spacial score (nSPS) is 21.4. The lowest BCUT2D eigenvalue weighted by Crippen LogP contribution is -2.32. The molecule has 1 aliphatic heterocycles. The maximum atomic E-state index is 13.4. The Morgan fingerprint density at radius 2 is 1.69 bits per heavy atom. The molecule has 4 aromatic rings. The number of allylic oxidation sites excluding steroid dienone is 2. The number of ether oxygens (including phenoxy) is 1. The van der Waals surface area contributed by atoms with E-state index in [9.17, 15) is 29.3 Å². The van der Waals surface area contributed by atoms with Crippen LogP contribution in [0.5, 0.6) is 0 Å². The molecular weight excluding hydrogens is 598 g/mol. The van der Waals surface area contributed by atoms with Crippen molar-refractivity contribution < 1.29 is 28.8 Å². The number of ketones is 1. The number of esters is 1. The zero-order valence-electron chi connectivity index (χ0n) is 23.8. The predicted octanol–water partition coefficient (Wildman–Crippen LogP) is 6.12. The molecule has 10 nitrogen and oxygen atoms in total. The lowest BCUT2D eigenvalue weighted by atomic mass is 9.85. The van der Waals surface area contributed by atoms with E-state index in [2.05, 4.69) is 12.2 Å². The lowest BCUT2D eigenvalue weighted by Gasteiger charge is -2.18. The van der Waals surface area contributed by atoms with E-state index in [0.29, 0.717) is 27.8 Å². The van der Waals surface area contributed by atoms with Crippen LogP contribution < -0.4 is 4.90 Å². The summed E-state index contributed by atoms with van der Waals surface area (Å²) in [5.74, 6) is -2.10. The van der Waals surface area contributed by atoms with E-state index in [4.69, 9.17) is 21.3 Å². The number of anilines is 1. The molecule has 2 amide bonds. The minimum Gasteiger partial charge on any atom is -0.454 e. The number of carbonyl (C=O) groups excluding carboxylic acids is 4. The fourth-order valence-electron chi connectivity index (χ4n) is 6.76. The zero-order valence-corrected chi connectivity index (χ0v) is 24.6. The summed E-state index contributed by atoms with van der Waals surface area (Å²) in [4.78, 5) is 69.2. The van der Waals surface area contributed by atoms with Crippen LogP contribution in [-0.2, 0) is 14.3 Å². The number of Topliss-reactive ketones (excluding diaryl/α,β-unsaturated/α-hetero) is 1. The molecule has 2 aliphatic carbocycles. The zero-order chi connectivity index (χ0) is 31.6. The second-order valence-electron chi connectivity index (χ2n) is 11.5. The molecule has 45 heavy (non-hydrogen) atoms. The number of nitrogens with zero attached hydrogens (tertiary/aromatic N) is 3. The Bertz CT molecular complexity index is 1980. The van der Waals surface area contributed by atoms with Gasteiger partial charge in [-0.2, -0.15) is 0 Å². The molecule has 2 heterocycles. The third kappa shape index (κ3) is 4.69. The molecule has 0 spiro atoms. The van der Waals surface area contributed by atoms with Crippen molar-refractivity contribution in [3.8, 4) is 11.3 Å². The van der Waals surface area contributed by atoms with Crippen molar-refractivity contribution in [1.29, 1.82) is 0 Å². The van der Waals surface area contributed by atoms with Gasteiger partial charge in [0.1, 0.15) is 5.02 Å². The molecule has 3 aromatic carbocycles. The minimum absolute atomic E-state index is 0.0161. The summed E-state index contributed by atoms with van der Waals surface area (Å²) in [6.45, 7) is 1.21. The first-order valence-corrected chi connectivity index (χ1v) is 14.7. The number of nitro benzene ring substituents is 1. The molecule has 0 N–H and O–H groups in total. The number of aromatic nitrogens is 1. The maximum Gasteiger partial charge on any atom is 0.339 e. The second kappa shape index (κ2) is 10.7. The number of hydrogen-bond acceptors (Lipinski definition) is 8. The predicted molar refractivity (Wildman–Crippen MR) is 165 cm³/mol. The monoisotopic (exact) mass is 621 g/mol. The number of amides is 2. The summed E-state index contributed by atoms with van der Waals surface area (Å²) < 4.78 is 5.38. The molecule has 2 fully saturated rings. The van der Waals surface area contributed by atoms with E-state index in [1.807, 2.05) is 13.0 Å². The fourth-order valence-corrected chi connectivity index (χ4v) is 6.95. The molecule has 3 aliphatic rings. The van der Waals surface area contributed by atoms with Crippen molar-refractivity contribution in [1.82, 2.24) is 4.98 Å². The van der Waals surface area contributed by atoms with Gasteiger partial charge in [-0.3, -0.25) is 29.4 Å². The Kier molecular flexibility index (Phi) is 6.81. The number of pyridine rings is 1. The van der Waals surface area contributed by atoms with E-state index in [1.165, 1.54) is 17.0 Å². The Morgan fingerprint density at radius 1 is 1.00 bits per heavy atom. The summed E-state index contributed by atoms with van der Waals surface area (Å²) in [5, 5.41) is 11.6. The van der Waals surface area contributed by atoms with E-state index in [-0.39, 0.29) is 51.6 Å². The van der Waals surface area contributed by atoms with Crippen LogP contribution in [0.2, 0.25) is 5.02 Å². The molecule has 1 saturated heterocycles. The van der Waals surface area contributed by atoms with Gasteiger partial charge in [-0.15, -0.1) is 0 Å². The van der Waals surface area contributed by atoms with Gasteiger partial charge in [0.2, 0.25) is 17.6 Å². The first kappa shape index (κ1) is 28.5. The van der Waals surface area contributed by atoms with Gasteiger partial charge in [0.05, 0.1) is 39.2 Å². The van der Waals surface area contributed by atoms with Gasteiger partial charge >= 0.3 is 5.97 Å². The summed E-state index contributed by atoms with van der Waals surface area (Å²) >= 11 is 5.85. The molecule has 224 valence electrons. The van der Waals surface area contributed by atoms with Crippen LogP contribution in [0.15, 0.2) is 78.9 Å². The van der Waals surface area contributed by atoms with E-state index < -0.39 is 29.0 Å². The highest BCUT2D eigenvalue weighted by molar-refractivity contribution is 6.32. The number of imide groups is 1. The number of benzene rings is 3. The van der Waals surface area contributed by atoms with Gasteiger partial charge in [-0.1, -0.05) is 54.1 Å². The number of para-hydroxylation sites is 1. The highest BCUT2D eigenvalue weighted by Crippen LogP contribution is 2.53. The van der Waals surface area contributed by atoms with Crippen molar-refractivity contribution in [3.05, 3.63) is 111 Å². The standard InChI is InChI=1S/C34H24ClN3O7/c1-17-3-2-4-23-24(34(42)45-16-28(39)19-9-12-25(35)27(14-19)38(43)44)15-26(36-31(17)23)18-7-10-22(11-8-18)37-32(40)29-20-5-6-21(13-20)30(29)33(37)41/h2-12,14-15,20-21,29-30H,13,16H2,1H3. The smallest absolute Gasteiger partial charge is 0.339 e. The molecule has 7 rings (SSSR count). The van der Waals surface area contributed by atoms with Crippen LogP contribution in [-0.4, -0.2) is 40.1 Å². The van der Waals surface area contributed by atoms with E-state index in [0.717, 1.165) is 18.1 Å². The highest BCUT2D eigenvalue weighted by atomic mass is 35.5. The quantitative estimate of drug-likeness (QED) is 0.0601.